The topological polar surface area (TPSA) is 49.4 Å². The highest BCUT2D eigenvalue weighted by Gasteiger charge is 2.21. The third kappa shape index (κ3) is 2.34. The molecule has 1 aliphatic rings. The maximum atomic E-state index is 13.5. The number of ketones is 1. The van der Waals surface area contributed by atoms with Gasteiger partial charge < -0.3 is 10.2 Å². The number of anilines is 1. The molecule has 0 saturated carbocycles. The molecule has 1 N–H and O–H groups in total. The molecule has 1 fully saturated rings. The van der Waals surface area contributed by atoms with Gasteiger partial charge in [0.25, 0.3) is 0 Å². The van der Waals surface area contributed by atoms with E-state index in [1.165, 1.54) is 13.0 Å². The van der Waals surface area contributed by atoms with Crippen molar-refractivity contribution in [2.24, 2.45) is 0 Å². The normalized spacial score (nSPS) is 15.5. The second-order valence-corrected chi connectivity index (χ2v) is 4.45. The van der Waals surface area contributed by atoms with Crippen molar-refractivity contribution in [1.82, 2.24) is 5.32 Å². The van der Waals surface area contributed by atoms with Gasteiger partial charge in [-0.25, -0.2) is 4.39 Å². The van der Waals surface area contributed by atoms with E-state index in [1.54, 1.807) is 13.0 Å². The van der Waals surface area contributed by atoms with Gasteiger partial charge in [0.2, 0.25) is 5.91 Å². The van der Waals surface area contributed by atoms with Crippen LogP contribution in [0.25, 0.3) is 0 Å². The number of Topliss-reactive ketones (excluding diaryl/α,β-unsaturated/α-hetero) is 1. The minimum atomic E-state index is -0.398. The Bertz CT molecular complexity index is 514. The first kappa shape index (κ1) is 12.5. The zero-order valence-corrected chi connectivity index (χ0v) is 10.4. The third-order valence-electron chi connectivity index (χ3n) is 3.04. The molecule has 0 aliphatic carbocycles. The summed E-state index contributed by atoms with van der Waals surface area (Å²) < 4.78 is 13.5. The molecule has 1 amide bonds. The number of benzene rings is 1. The van der Waals surface area contributed by atoms with Gasteiger partial charge >= 0.3 is 0 Å². The second-order valence-electron chi connectivity index (χ2n) is 4.45. The van der Waals surface area contributed by atoms with Gasteiger partial charge in [-0.3, -0.25) is 9.59 Å². The highest BCUT2D eigenvalue weighted by molar-refractivity contribution is 6.00. The minimum Gasteiger partial charge on any atom is -0.360 e. The lowest BCUT2D eigenvalue weighted by Gasteiger charge is -2.30. The molecule has 0 radical (unpaired) electrons. The number of carbonyl (C=O) groups is 2. The van der Waals surface area contributed by atoms with E-state index in [2.05, 4.69) is 5.32 Å². The Hall–Kier alpha value is -1.91. The molecular formula is C13H15FN2O2. The maximum Gasteiger partial charge on any atom is 0.239 e. The number of piperazine rings is 1. The molecule has 1 aromatic carbocycles. The Morgan fingerprint density at radius 2 is 2.17 bits per heavy atom. The molecular weight excluding hydrogens is 235 g/mol. The van der Waals surface area contributed by atoms with Gasteiger partial charge in [0.1, 0.15) is 5.82 Å². The van der Waals surface area contributed by atoms with Crippen LogP contribution in [0.3, 0.4) is 0 Å². The number of amides is 1. The first-order valence-electron chi connectivity index (χ1n) is 5.82. The van der Waals surface area contributed by atoms with Crippen LogP contribution in [0.2, 0.25) is 0 Å². The van der Waals surface area contributed by atoms with E-state index in [0.29, 0.717) is 29.9 Å². The van der Waals surface area contributed by atoms with Crippen molar-refractivity contribution in [2.75, 3.05) is 24.5 Å². The zero-order valence-electron chi connectivity index (χ0n) is 10.4. The lowest BCUT2D eigenvalue weighted by molar-refractivity contribution is -0.120. The first-order chi connectivity index (χ1) is 8.49. The van der Waals surface area contributed by atoms with Crippen LogP contribution >= 0.6 is 0 Å². The number of hydrogen-bond acceptors (Lipinski definition) is 3. The molecule has 18 heavy (non-hydrogen) atoms. The number of halogens is 1. The number of rotatable bonds is 2. The van der Waals surface area contributed by atoms with Gasteiger partial charge in [0, 0.05) is 24.3 Å². The quantitative estimate of drug-likeness (QED) is 0.804. The number of aryl methyl sites for hydroxylation is 1. The van der Waals surface area contributed by atoms with Crippen LogP contribution in [-0.4, -0.2) is 31.3 Å². The molecule has 1 heterocycles. The summed E-state index contributed by atoms with van der Waals surface area (Å²) in [5, 5.41) is 2.72. The average molecular weight is 250 g/mol. The van der Waals surface area contributed by atoms with Gasteiger partial charge in [-0.05, 0) is 31.5 Å². The molecule has 1 aliphatic heterocycles. The molecule has 1 saturated heterocycles. The molecule has 4 nitrogen and oxygen atoms in total. The molecule has 0 bridgehead atoms. The zero-order chi connectivity index (χ0) is 13.3. The lowest BCUT2D eigenvalue weighted by atomic mass is 10.0. The van der Waals surface area contributed by atoms with Crippen LogP contribution in [0.4, 0.5) is 10.1 Å². The van der Waals surface area contributed by atoms with Crippen molar-refractivity contribution in [3.05, 3.63) is 29.1 Å². The number of carbonyl (C=O) groups excluding carboxylic acids is 2. The summed E-state index contributed by atoms with van der Waals surface area (Å²) >= 11 is 0. The summed E-state index contributed by atoms with van der Waals surface area (Å²) in [6.07, 6.45) is 0. The standard InChI is InChI=1S/C13H15FN2O2/c1-8-5-12(10(9(2)17)6-11(8)14)16-4-3-15-13(18)7-16/h5-6H,3-4,7H2,1-2H3,(H,15,18). The van der Waals surface area contributed by atoms with Crippen LogP contribution in [0.1, 0.15) is 22.8 Å². The summed E-state index contributed by atoms with van der Waals surface area (Å²) in [6.45, 7) is 4.40. The third-order valence-corrected chi connectivity index (χ3v) is 3.04. The number of nitrogens with one attached hydrogen (secondary N) is 1. The molecule has 96 valence electrons. The van der Waals surface area contributed by atoms with Gasteiger partial charge in [-0.1, -0.05) is 0 Å². The summed E-state index contributed by atoms with van der Waals surface area (Å²) in [5.41, 5.74) is 1.44. The molecule has 0 spiro atoms. The van der Waals surface area contributed by atoms with Crippen molar-refractivity contribution in [3.8, 4) is 0 Å². The summed E-state index contributed by atoms with van der Waals surface area (Å²) in [6, 6.07) is 2.88. The van der Waals surface area contributed by atoms with Crippen molar-refractivity contribution < 1.29 is 14.0 Å². The van der Waals surface area contributed by atoms with E-state index in [4.69, 9.17) is 0 Å². The van der Waals surface area contributed by atoms with Crippen molar-refractivity contribution in [1.29, 1.82) is 0 Å². The van der Waals surface area contributed by atoms with E-state index in [-0.39, 0.29) is 18.2 Å². The van der Waals surface area contributed by atoms with Crippen LogP contribution in [0.15, 0.2) is 12.1 Å². The number of nitrogens with zero attached hydrogens (tertiary/aromatic N) is 1. The molecule has 1 aromatic rings. The Morgan fingerprint density at radius 1 is 1.44 bits per heavy atom. The molecule has 0 unspecified atom stereocenters. The summed E-state index contributed by atoms with van der Waals surface area (Å²) in [7, 11) is 0. The average Bonchev–Trinajstić information content (AvgIpc) is 2.31. The minimum absolute atomic E-state index is 0.0854. The fraction of sp³-hybridized carbons (Fsp3) is 0.385. The van der Waals surface area contributed by atoms with Gasteiger partial charge in [-0.15, -0.1) is 0 Å². The lowest BCUT2D eigenvalue weighted by Crippen LogP contribution is -2.48. The highest BCUT2D eigenvalue weighted by atomic mass is 19.1. The Labute approximate surface area is 105 Å². The number of hydrogen-bond donors (Lipinski definition) is 1. The second kappa shape index (κ2) is 4.76. The van der Waals surface area contributed by atoms with Crippen LogP contribution < -0.4 is 10.2 Å². The monoisotopic (exact) mass is 250 g/mol. The van der Waals surface area contributed by atoms with E-state index in [1.807, 2.05) is 4.90 Å². The van der Waals surface area contributed by atoms with E-state index in [9.17, 15) is 14.0 Å². The van der Waals surface area contributed by atoms with Crippen molar-refractivity contribution >= 4 is 17.4 Å². The predicted octanol–water partition coefficient (Wildman–Crippen LogP) is 1.27. The fourth-order valence-electron chi connectivity index (χ4n) is 2.05. The van der Waals surface area contributed by atoms with Crippen molar-refractivity contribution in [3.63, 3.8) is 0 Å². The molecule has 0 aromatic heterocycles. The maximum absolute atomic E-state index is 13.5. The Morgan fingerprint density at radius 3 is 2.78 bits per heavy atom. The largest absolute Gasteiger partial charge is 0.360 e. The Balaban J connectivity index is 2.44. The highest BCUT2D eigenvalue weighted by Crippen LogP contribution is 2.25. The van der Waals surface area contributed by atoms with E-state index in [0.717, 1.165) is 0 Å². The SMILES string of the molecule is CC(=O)c1cc(F)c(C)cc1N1CCNC(=O)C1. The fourth-order valence-corrected chi connectivity index (χ4v) is 2.05. The van der Waals surface area contributed by atoms with E-state index >= 15 is 0 Å². The predicted molar refractivity (Wildman–Crippen MR) is 66.4 cm³/mol. The first-order valence-corrected chi connectivity index (χ1v) is 5.82. The Kier molecular flexibility index (Phi) is 3.32. The molecule has 0 atom stereocenters. The summed E-state index contributed by atoms with van der Waals surface area (Å²) in [4.78, 5) is 24.7. The van der Waals surface area contributed by atoms with Crippen LogP contribution in [-0.2, 0) is 4.79 Å². The van der Waals surface area contributed by atoms with E-state index < -0.39 is 5.82 Å². The van der Waals surface area contributed by atoms with Crippen LogP contribution in [0.5, 0.6) is 0 Å². The van der Waals surface area contributed by atoms with Gasteiger partial charge in [0.05, 0.1) is 6.54 Å². The smallest absolute Gasteiger partial charge is 0.239 e. The van der Waals surface area contributed by atoms with Crippen molar-refractivity contribution in [2.45, 2.75) is 13.8 Å². The molecule has 2 rings (SSSR count). The van der Waals surface area contributed by atoms with Crippen LogP contribution in [0, 0.1) is 12.7 Å². The van der Waals surface area contributed by atoms with Gasteiger partial charge in [-0.2, -0.15) is 0 Å². The molecule has 5 heteroatoms. The van der Waals surface area contributed by atoms with Gasteiger partial charge in [0.15, 0.2) is 5.78 Å². The summed E-state index contributed by atoms with van der Waals surface area (Å²) in [5.74, 6) is -0.682.